The van der Waals surface area contributed by atoms with Crippen molar-refractivity contribution in [1.29, 1.82) is 0 Å². The first-order valence-corrected chi connectivity index (χ1v) is 4.63. The molecule has 3 N–H and O–H groups in total. The maximum Gasteiger partial charge on any atom is 0.0798 e. The van der Waals surface area contributed by atoms with Crippen LogP contribution in [0.15, 0.2) is 0 Å². The van der Waals surface area contributed by atoms with Gasteiger partial charge in [0.1, 0.15) is 0 Å². The van der Waals surface area contributed by atoms with Gasteiger partial charge in [-0.05, 0) is 33.7 Å². The van der Waals surface area contributed by atoms with E-state index in [1.165, 1.54) is 0 Å². The number of hydrogen-bond acceptors (Lipinski definition) is 3. The molecule has 0 spiro atoms. The Morgan fingerprint density at radius 2 is 1.83 bits per heavy atom. The second-order valence-electron chi connectivity index (χ2n) is 4.20. The van der Waals surface area contributed by atoms with Gasteiger partial charge in [-0.1, -0.05) is 0 Å². The van der Waals surface area contributed by atoms with Crippen molar-refractivity contribution in [3.8, 4) is 0 Å². The third-order valence-corrected chi connectivity index (χ3v) is 3.12. The van der Waals surface area contributed by atoms with E-state index in [2.05, 4.69) is 25.8 Å². The monoisotopic (exact) mass is 172 g/mol. The van der Waals surface area contributed by atoms with E-state index >= 15 is 0 Å². The van der Waals surface area contributed by atoms with Crippen LogP contribution >= 0.6 is 0 Å². The molecular formula is C9H20N2O. The molecule has 0 aromatic carbocycles. The van der Waals surface area contributed by atoms with Gasteiger partial charge in [-0.15, -0.1) is 0 Å². The molecule has 1 saturated heterocycles. The van der Waals surface area contributed by atoms with E-state index in [9.17, 15) is 5.11 Å². The summed E-state index contributed by atoms with van der Waals surface area (Å²) >= 11 is 0. The lowest BCUT2D eigenvalue weighted by Gasteiger charge is -2.44. The van der Waals surface area contributed by atoms with Crippen LogP contribution in [0, 0.1) is 0 Å². The fourth-order valence-electron chi connectivity index (χ4n) is 2.07. The average molecular weight is 172 g/mol. The van der Waals surface area contributed by atoms with Crippen LogP contribution in [0.5, 0.6) is 0 Å². The third-order valence-electron chi connectivity index (χ3n) is 3.12. The molecule has 1 fully saturated rings. The van der Waals surface area contributed by atoms with E-state index in [4.69, 9.17) is 5.73 Å². The number of likely N-dealkylation sites (tertiary alicyclic amines) is 1. The van der Waals surface area contributed by atoms with Crippen molar-refractivity contribution in [3.63, 3.8) is 0 Å². The summed E-state index contributed by atoms with van der Waals surface area (Å²) in [6.07, 6.45) is 1.59. The molecule has 1 aliphatic rings. The molecule has 0 aromatic heterocycles. The Hall–Kier alpha value is -0.120. The van der Waals surface area contributed by atoms with Crippen molar-refractivity contribution in [2.45, 2.75) is 44.4 Å². The summed E-state index contributed by atoms with van der Waals surface area (Å²) < 4.78 is 0. The molecule has 0 bridgehead atoms. The van der Waals surface area contributed by atoms with E-state index in [1.54, 1.807) is 0 Å². The Morgan fingerprint density at radius 1 is 1.42 bits per heavy atom. The fraction of sp³-hybridized carbons (Fsp3) is 1.00. The van der Waals surface area contributed by atoms with Gasteiger partial charge in [-0.25, -0.2) is 0 Å². The molecule has 2 atom stereocenters. The van der Waals surface area contributed by atoms with Gasteiger partial charge in [0.2, 0.25) is 0 Å². The van der Waals surface area contributed by atoms with Crippen molar-refractivity contribution in [1.82, 2.24) is 4.90 Å². The van der Waals surface area contributed by atoms with Gasteiger partial charge in [0.15, 0.2) is 0 Å². The maximum absolute atomic E-state index is 9.99. The highest BCUT2D eigenvalue weighted by molar-refractivity contribution is 4.93. The Morgan fingerprint density at radius 3 is 2.17 bits per heavy atom. The summed E-state index contributed by atoms with van der Waals surface area (Å²) in [7, 11) is 2.10. The van der Waals surface area contributed by atoms with Gasteiger partial charge in [0, 0.05) is 18.6 Å². The molecule has 1 aliphatic heterocycles. The number of piperidine rings is 1. The second kappa shape index (κ2) is 3.32. The number of nitrogens with two attached hydrogens (primary N) is 1. The molecule has 3 nitrogen and oxygen atoms in total. The zero-order valence-electron chi connectivity index (χ0n) is 8.25. The van der Waals surface area contributed by atoms with E-state index < -0.39 is 5.60 Å². The standard InChI is InChI=1S/C9H20N2O/c1-7-4-9(12,6-10)5-8(2)11(7)3/h7-8,12H,4-6,10H2,1-3H3. The van der Waals surface area contributed by atoms with Crippen LogP contribution in [-0.2, 0) is 0 Å². The maximum atomic E-state index is 9.99. The molecule has 0 amide bonds. The lowest BCUT2D eigenvalue weighted by Crippen LogP contribution is -2.55. The van der Waals surface area contributed by atoms with E-state index in [-0.39, 0.29) is 0 Å². The zero-order chi connectivity index (χ0) is 9.35. The SMILES string of the molecule is CC1CC(O)(CN)CC(C)N1C. The van der Waals surface area contributed by atoms with Gasteiger partial charge in [0.25, 0.3) is 0 Å². The number of hydrogen-bond donors (Lipinski definition) is 2. The largest absolute Gasteiger partial charge is 0.388 e. The first-order valence-electron chi connectivity index (χ1n) is 4.63. The Kier molecular flexibility index (Phi) is 2.76. The molecule has 0 radical (unpaired) electrons. The minimum Gasteiger partial charge on any atom is -0.388 e. The number of nitrogens with zero attached hydrogens (tertiary/aromatic N) is 1. The molecule has 1 rings (SSSR count). The first kappa shape index (κ1) is 9.96. The zero-order valence-corrected chi connectivity index (χ0v) is 8.25. The highest BCUT2D eigenvalue weighted by Gasteiger charge is 2.37. The fourth-order valence-corrected chi connectivity index (χ4v) is 2.07. The molecule has 2 unspecified atom stereocenters. The average Bonchev–Trinajstić information content (AvgIpc) is 2.00. The van der Waals surface area contributed by atoms with Crippen LogP contribution in [0.4, 0.5) is 0 Å². The van der Waals surface area contributed by atoms with Crippen LogP contribution in [0.25, 0.3) is 0 Å². The van der Waals surface area contributed by atoms with Crippen LogP contribution in [0.3, 0.4) is 0 Å². The minimum atomic E-state index is -0.620. The number of rotatable bonds is 1. The van der Waals surface area contributed by atoms with Crippen molar-refractivity contribution in [2.75, 3.05) is 13.6 Å². The molecule has 0 aromatic rings. The van der Waals surface area contributed by atoms with Crippen LogP contribution in [0.1, 0.15) is 26.7 Å². The van der Waals surface area contributed by atoms with Gasteiger partial charge in [-0.3, -0.25) is 0 Å². The summed E-state index contributed by atoms with van der Waals surface area (Å²) in [6.45, 7) is 4.65. The van der Waals surface area contributed by atoms with Crippen LogP contribution < -0.4 is 5.73 Å². The minimum absolute atomic E-state index is 0.384. The highest BCUT2D eigenvalue weighted by atomic mass is 16.3. The Balaban J connectivity index is 2.65. The van der Waals surface area contributed by atoms with Crippen molar-refractivity contribution in [3.05, 3.63) is 0 Å². The predicted molar refractivity (Wildman–Crippen MR) is 49.9 cm³/mol. The summed E-state index contributed by atoms with van der Waals surface area (Å²) in [5.74, 6) is 0. The van der Waals surface area contributed by atoms with Gasteiger partial charge in [0.05, 0.1) is 5.60 Å². The second-order valence-corrected chi connectivity index (χ2v) is 4.20. The van der Waals surface area contributed by atoms with Crippen LogP contribution in [0.2, 0.25) is 0 Å². The number of aliphatic hydroxyl groups is 1. The van der Waals surface area contributed by atoms with E-state index in [0.717, 1.165) is 12.8 Å². The van der Waals surface area contributed by atoms with Crippen molar-refractivity contribution < 1.29 is 5.11 Å². The van der Waals surface area contributed by atoms with E-state index in [0.29, 0.717) is 18.6 Å². The van der Waals surface area contributed by atoms with Crippen molar-refractivity contribution >= 4 is 0 Å². The van der Waals surface area contributed by atoms with E-state index in [1.807, 2.05) is 0 Å². The quantitative estimate of drug-likeness (QED) is 0.593. The molecule has 72 valence electrons. The molecule has 0 saturated carbocycles. The summed E-state index contributed by atoms with van der Waals surface area (Å²) in [4.78, 5) is 2.30. The van der Waals surface area contributed by atoms with Gasteiger partial charge in [-0.2, -0.15) is 0 Å². The van der Waals surface area contributed by atoms with Gasteiger partial charge < -0.3 is 15.7 Å². The summed E-state index contributed by atoms with van der Waals surface area (Å²) in [6, 6.07) is 0.865. The lowest BCUT2D eigenvalue weighted by molar-refractivity contribution is -0.0511. The van der Waals surface area contributed by atoms with Crippen molar-refractivity contribution in [2.24, 2.45) is 5.73 Å². The Labute approximate surface area is 74.5 Å². The summed E-state index contributed by atoms with van der Waals surface area (Å²) in [5.41, 5.74) is 4.92. The summed E-state index contributed by atoms with van der Waals surface area (Å²) in [5, 5.41) is 9.99. The molecular weight excluding hydrogens is 152 g/mol. The lowest BCUT2D eigenvalue weighted by atomic mass is 9.83. The van der Waals surface area contributed by atoms with Gasteiger partial charge >= 0.3 is 0 Å². The topological polar surface area (TPSA) is 49.5 Å². The van der Waals surface area contributed by atoms with Crippen LogP contribution in [-0.4, -0.2) is 41.3 Å². The first-order chi connectivity index (χ1) is 5.48. The Bertz CT molecular complexity index is 149. The molecule has 12 heavy (non-hydrogen) atoms. The molecule has 1 heterocycles. The predicted octanol–water partition coefficient (Wildman–Crippen LogP) is 0.179. The molecule has 0 aliphatic carbocycles. The highest BCUT2D eigenvalue weighted by Crippen LogP contribution is 2.28. The smallest absolute Gasteiger partial charge is 0.0798 e. The molecule has 3 heteroatoms. The third kappa shape index (κ3) is 1.79. The normalized spacial score (nSPS) is 44.8.